The molecule has 0 saturated heterocycles. The molecule has 0 bridgehead atoms. The number of anilines is 2. The van der Waals surface area contributed by atoms with Gasteiger partial charge in [0, 0.05) is 22.3 Å². The highest BCUT2D eigenvalue weighted by Gasteiger charge is 2.17. The molecule has 1 N–H and O–H groups in total. The minimum Gasteiger partial charge on any atom is -0.457 e. The Morgan fingerprint density at radius 3 is 2.57 bits per heavy atom. The topological polar surface area (TPSA) is 62.4 Å². The molecule has 0 saturated carbocycles. The van der Waals surface area contributed by atoms with E-state index in [2.05, 4.69) is 47.5 Å². The van der Waals surface area contributed by atoms with Crippen LogP contribution in [0.25, 0.3) is 11.1 Å². The molecule has 5 nitrogen and oxygen atoms in total. The lowest BCUT2D eigenvalue weighted by molar-refractivity contribution is 0.483. The number of hydrogen-bond acceptors (Lipinski definition) is 5. The normalized spacial score (nSPS) is 10.7. The molecule has 0 amide bonds. The Bertz CT molecular complexity index is 1510. The van der Waals surface area contributed by atoms with Gasteiger partial charge in [-0.1, -0.05) is 30.8 Å². The van der Waals surface area contributed by atoms with Gasteiger partial charge in [0.15, 0.2) is 0 Å². The predicted molar refractivity (Wildman–Crippen MR) is 143 cm³/mol. The number of aryl methyl sites for hydroxylation is 2. The van der Waals surface area contributed by atoms with Crippen molar-refractivity contribution in [1.82, 2.24) is 9.61 Å². The first-order valence-electron chi connectivity index (χ1n) is 11.3. The number of aromatic nitrogens is 2. The number of fused-ring (bicyclic) bond motifs is 1. The Morgan fingerprint density at radius 1 is 1.09 bits per heavy atom. The lowest BCUT2D eigenvalue weighted by Gasteiger charge is -2.12. The highest BCUT2D eigenvalue weighted by atomic mass is 32.1. The molecular formula is C29H24N4OS. The monoisotopic (exact) mass is 476 g/mol. The van der Waals surface area contributed by atoms with E-state index in [1.54, 1.807) is 17.5 Å². The first kappa shape index (κ1) is 22.5. The summed E-state index contributed by atoms with van der Waals surface area (Å²) in [7, 11) is 0. The number of benzene rings is 2. The van der Waals surface area contributed by atoms with Crippen molar-refractivity contribution in [2.75, 3.05) is 5.32 Å². The molecule has 0 aliphatic heterocycles. The molecular weight excluding hydrogens is 452 g/mol. The molecule has 3 heterocycles. The summed E-state index contributed by atoms with van der Waals surface area (Å²) >= 11 is 1.77. The van der Waals surface area contributed by atoms with E-state index < -0.39 is 0 Å². The highest BCUT2D eigenvalue weighted by Crippen LogP contribution is 2.34. The van der Waals surface area contributed by atoms with Crippen LogP contribution in [0.4, 0.5) is 11.4 Å². The zero-order chi connectivity index (χ0) is 24.2. The van der Waals surface area contributed by atoms with Crippen molar-refractivity contribution in [1.29, 1.82) is 5.26 Å². The molecule has 0 aliphatic rings. The summed E-state index contributed by atoms with van der Waals surface area (Å²) in [5.41, 5.74) is 6.13. The Balaban J connectivity index is 1.42. The lowest BCUT2D eigenvalue weighted by atomic mass is 10.0. The van der Waals surface area contributed by atoms with E-state index in [1.165, 1.54) is 4.88 Å². The molecule has 2 aromatic carbocycles. The third-order valence-electron chi connectivity index (χ3n) is 5.91. The van der Waals surface area contributed by atoms with Crippen LogP contribution < -0.4 is 10.1 Å². The second-order valence-corrected chi connectivity index (χ2v) is 9.29. The molecule has 0 atom stereocenters. The van der Waals surface area contributed by atoms with E-state index in [9.17, 15) is 5.26 Å². The van der Waals surface area contributed by atoms with Crippen molar-refractivity contribution in [3.05, 3.63) is 113 Å². The number of nitriles is 1. The fraction of sp³-hybridized carbons (Fsp3) is 0.103. The fourth-order valence-electron chi connectivity index (χ4n) is 4.09. The fourth-order valence-corrected chi connectivity index (χ4v) is 4.80. The van der Waals surface area contributed by atoms with Gasteiger partial charge in [0.1, 0.15) is 17.6 Å². The number of para-hydroxylation sites is 1. The van der Waals surface area contributed by atoms with Crippen LogP contribution in [0.15, 0.2) is 91.1 Å². The number of allylic oxidation sites excluding steroid dienone is 1. The second kappa shape index (κ2) is 9.88. The van der Waals surface area contributed by atoms with Gasteiger partial charge < -0.3 is 10.1 Å². The van der Waals surface area contributed by atoms with Crippen LogP contribution in [0.1, 0.15) is 28.0 Å². The van der Waals surface area contributed by atoms with E-state index in [1.807, 2.05) is 65.3 Å². The number of rotatable bonds is 8. The summed E-state index contributed by atoms with van der Waals surface area (Å²) in [5, 5.41) is 19.8. The first-order valence-corrected chi connectivity index (χ1v) is 12.2. The van der Waals surface area contributed by atoms with Gasteiger partial charge in [-0.15, -0.1) is 11.3 Å². The highest BCUT2D eigenvalue weighted by molar-refractivity contribution is 7.09. The molecule has 5 aromatic rings. The molecule has 0 spiro atoms. The van der Waals surface area contributed by atoms with E-state index in [4.69, 9.17) is 4.74 Å². The van der Waals surface area contributed by atoms with Crippen molar-refractivity contribution in [2.45, 2.75) is 19.8 Å². The van der Waals surface area contributed by atoms with E-state index in [-0.39, 0.29) is 0 Å². The van der Waals surface area contributed by atoms with Crippen LogP contribution in [-0.2, 0) is 6.42 Å². The molecule has 172 valence electrons. The van der Waals surface area contributed by atoms with E-state index in [0.717, 1.165) is 57.9 Å². The van der Waals surface area contributed by atoms with E-state index >= 15 is 0 Å². The standard InChI is InChI=1S/C29H24N4OS/c1-20(10-15-26-9-6-16-35-26)27-19-33-29(21(27)2)28(22(17-30)18-31-33)32-23-11-13-25(14-12-23)34-24-7-4-3-5-8-24/h3-9,11-14,16,18-19,32H,1,10,15H2,2H3. The Kier molecular flexibility index (Phi) is 6.34. The molecule has 3 aromatic heterocycles. The van der Waals surface area contributed by atoms with Gasteiger partial charge in [0.25, 0.3) is 0 Å². The lowest BCUT2D eigenvalue weighted by Crippen LogP contribution is -2.00. The van der Waals surface area contributed by atoms with Crippen LogP contribution in [0, 0.1) is 18.3 Å². The van der Waals surface area contributed by atoms with Gasteiger partial charge >= 0.3 is 0 Å². The van der Waals surface area contributed by atoms with Gasteiger partial charge in [-0.2, -0.15) is 10.4 Å². The van der Waals surface area contributed by atoms with E-state index in [0.29, 0.717) is 5.56 Å². The third-order valence-corrected chi connectivity index (χ3v) is 6.85. The van der Waals surface area contributed by atoms with Crippen LogP contribution in [0.2, 0.25) is 0 Å². The molecule has 0 unspecified atom stereocenters. The van der Waals surface area contributed by atoms with Crippen molar-refractivity contribution in [2.24, 2.45) is 0 Å². The number of ether oxygens (including phenoxy) is 1. The smallest absolute Gasteiger partial charge is 0.127 e. The second-order valence-electron chi connectivity index (χ2n) is 8.25. The molecule has 0 radical (unpaired) electrons. The maximum absolute atomic E-state index is 9.79. The van der Waals surface area contributed by atoms with Gasteiger partial charge in [0.2, 0.25) is 0 Å². The maximum atomic E-state index is 9.79. The molecule has 0 fully saturated rings. The molecule has 35 heavy (non-hydrogen) atoms. The van der Waals surface area contributed by atoms with Gasteiger partial charge in [-0.05, 0) is 78.7 Å². The van der Waals surface area contributed by atoms with Crippen molar-refractivity contribution in [3.8, 4) is 17.6 Å². The maximum Gasteiger partial charge on any atom is 0.127 e. The van der Waals surface area contributed by atoms with Crippen molar-refractivity contribution < 1.29 is 4.74 Å². The first-order chi connectivity index (χ1) is 17.1. The predicted octanol–water partition coefficient (Wildman–Crippen LogP) is 7.76. The van der Waals surface area contributed by atoms with Gasteiger partial charge in [0.05, 0.1) is 23.0 Å². The average Bonchev–Trinajstić information content (AvgIpc) is 3.53. The number of nitrogens with one attached hydrogen (secondary N) is 1. The average molecular weight is 477 g/mol. The Morgan fingerprint density at radius 2 is 1.86 bits per heavy atom. The zero-order valence-corrected chi connectivity index (χ0v) is 20.2. The molecule has 6 heteroatoms. The zero-order valence-electron chi connectivity index (χ0n) is 19.4. The Hall–Kier alpha value is -4.34. The summed E-state index contributed by atoms with van der Waals surface area (Å²) < 4.78 is 7.72. The van der Waals surface area contributed by atoms with Crippen LogP contribution in [0.5, 0.6) is 11.5 Å². The Labute approximate surface area is 208 Å². The summed E-state index contributed by atoms with van der Waals surface area (Å²) in [6, 6.07) is 23.9. The molecule has 0 aliphatic carbocycles. The molecule has 5 rings (SSSR count). The van der Waals surface area contributed by atoms with Crippen LogP contribution in [-0.4, -0.2) is 9.61 Å². The number of nitrogens with zero attached hydrogens (tertiary/aromatic N) is 3. The van der Waals surface area contributed by atoms with Gasteiger partial charge in [-0.25, -0.2) is 4.52 Å². The van der Waals surface area contributed by atoms with Crippen molar-refractivity contribution >= 4 is 33.8 Å². The summed E-state index contributed by atoms with van der Waals surface area (Å²) in [5.74, 6) is 1.52. The summed E-state index contributed by atoms with van der Waals surface area (Å²) in [6.45, 7) is 6.41. The third kappa shape index (κ3) is 4.81. The SMILES string of the molecule is C=C(CCc1cccs1)c1cn2ncc(C#N)c(Nc3ccc(Oc4ccccc4)cc3)c2c1C. The van der Waals surface area contributed by atoms with Gasteiger partial charge in [-0.3, -0.25) is 0 Å². The largest absolute Gasteiger partial charge is 0.457 e. The quantitative estimate of drug-likeness (QED) is 0.249. The minimum atomic E-state index is 0.485. The summed E-state index contributed by atoms with van der Waals surface area (Å²) in [4.78, 5) is 1.35. The van der Waals surface area contributed by atoms with Crippen LogP contribution in [0.3, 0.4) is 0 Å². The van der Waals surface area contributed by atoms with Crippen molar-refractivity contribution in [3.63, 3.8) is 0 Å². The summed E-state index contributed by atoms with van der Waals surface area (Å²) in [6.07, 6.45) is 5.43. The van der Waals surface area contributed by atoms with Crippen LogP contribution >= 0.6 is 11.3 Å². The number of thiophene rings is 1. The number of hydrogen-bond donors (Lipinski definition) is 1. The minimum absolute atomic E-state index is 0.485.